The van der Waals surface area contributed by atoms with Crippen LogP contribution in [-0.2, 0) is 24.2 Å². The second-order valence-corrected chi connectivity index (χ2v) is 11.4. The lowest BCUT2D eigenvalue weighted by Crippen LogP contribution is -2.32. The van der Waals surface area contributed by atoms with E-state index in [0.717, 1.165) is 45.6 Å². The minimum absolute atomic E-state index is 0.0532. The van der Waals surface area contributed by atoms with Crippen LogP contribution in [0, 0.1) is 5.82 Å². The molecule has 2 aromatic heterocycles. The average molecular weight is 540 g/mol. The highest BCUT2D eigenvalue weighted by Crippen LogP contribution is 2.41. The van der Waals surface area contributed by atoms with Crippen molar-refractivity contribution in [2.24, 2.45) is 0 Å². The van der Waals surface area contributed by atoms with Gasteiger partial charge >= 0.3 is 0 Å². The zero-order valence-corrected chi connectivity index (χ0v) is 22.4. The van der Waals surface area contributed by atoms with Crippen LogP contribution in [0.15, 0.2) is 90.0 Å². The predicted molar refractivity (Wildman–Crippen MR) is 154 cm³/mol. The van der Waals surface area contributed by atoms with Gasteiger partial charge in [-0.25, -0.2) is 14.4 Å². The van der Waals surface area contributed by atoms with Crippen molar-refractivity contribution >= 4 is 44.9 Å². The first-order valence-corrected chi connectivity index (χ1v) is 14.6. The van der Waals surface area contributed by atoms with Crippen LogP contribution >= 0.6 is 23.1 Å². The molecule has 7 heteroatoms. The molecule has 0 N–H and O–H groups in total. The maximum absolute atomic E-state index is 13.7. The van der Waals surface area contributed by atoms with Crippen LogP contribution in [0.4, 0.5) is 10.1 Å². The highest BCUT2D eigenvalue weighted by Gasteiger charge is 2.24. The van der Waals surface area contributed by atoms with Crippen molar-refractivity contribution in [1.82, 2.24) is 9.97 Å². The Bertz CT molecular complexity index is 1570. The van der Waals surface area contributed by atoms with E-state index in [1.807, 2.05) is 60.7 Å². The van der Waals surface area contributed by atoms with Gasteiger partial charge in [-0.05, 0) is 61.1 Å². The van der Waals surface area contributed by atoms with Crippen molar-refractivity contribution in [3.63, 3.8) is 0 Å². The van der Waals surface area contributed by atoms with Gasteiger partial charge in [0.15, 0.2) is 5.82 Å². The van der Waals surface area contributed by atoms with E-state index in [1.165, 1.54) is 40.8 Å². The van der Waals surface area contributed by atoms with E-state index in [-0.39, 0.29) is 17.5 Å². The van der Waals surface area contributed by atoms with E-state index >= 15 is 0 Å². The standard InChI is InChI=1S/C31H26FN3OS2/c32-23-15-17-24(18-16-23)35(19-21-9-3-1-4-10-21)27(36)20-37-30-28-25-13-7-8-14-26(25)38-31(28)34-29(33-30)22-11-5-2-6-12-22/h1-6,9-12,15-18H,7-8,13-14,19-20H2. The summed E-state index contributed by atoms with van der Waals surface area (Å²) in [6.07, 6.45) is 4.47. The second-order valence-electron chi connectivity index (χ2n) is 9.34. The number of rotatable bonds is 7. The Morgan fingerprint density at radius 1 is 0.895 bits per heavy atom. The molecule has 0 unspecified atom stereocenters. The quantitative estimate of drug-likeness (QED) is 0.157. The van der Waals surface area contributed by atoms with Crippen LogP contribution < -0.4 is 4.90 Å². The third-order valence-corrected chi connectivity index (χ3v) is 8.91. The Morgan fingerprint density at radius 2 is 1.61 bits per heavy atom. The Labute approximate surface area is 229 Å². The number of halogens is 1. The lowest BCUT2D eigenvalue weighted by atomic mass is 9.97. The monoisotopic (exact) mass is 539 g/mol. The lowest BCUT2D eigenvalue weighted by molar-refractivity contribution is -0.116. The molecular weight excluding hydrogens is 513 g/mol. The van der Waals surface area contributed by atoms with E-state index < -0.39 is 0 Å². The largest absolute Gasteiger partial charge is 0.307 e. The summed E-state index contributed by atoms with van der Waals surface area (Å²) in [6.45, 7) is 0.411. The summed E-state index contributed by atoms with van der Waals surface area (Å²) in [6, 6.07) is 26.0. The minimum atomic E-state index is -0.325. The van der Waals surface area contributed by atoms with Gasteiger partial charge in [0, 0.05) is 21.5 Å². The number of carbonyl (C=O) groups is 1. The fraction of sp³-hybridized carbons (Fsp3) is 0.194. The normalized spacial score (nSPS) is 12.9. The summed E-state index contributed by atoms with van der Waals surface area (Å²) in [4.78, 5) is 27.8. The number of thioether (sulfide) groups is 1. The molecule has 38 heavy (non-hydrogen) atoms. The molecule has 5 aromatic rings. The number of benzene rings is 3. The first kappa shape index (κ1) is 24.8. The fourth-order valence-corrected chi connectivity index (χ4v) is 7.12. The second kappa shape index (κ2) is 11.1. The number of nitrogens with zero attached hydrogens (tertiary/aromatic N) is 3. The third kappa shape index (κ3) is 5.22. The summed E-state index contributed by atoms with van der Waals surface area (Å²) >= 11 is 3.24. The highest BCUT2D eigenvalue weighted by molar-refractivity contribution is 8.00. The van der Waals surface area contributed by atoms with Gasteiger partial charge in [0.25, 0.3) is 0 Å². The Kier molecular flexibility index (Phi) is 7.20. The number of hydrogen-bond donors (Lipinski definition) is 0. The molecule has 0 saturated heterocycles. The summed E-state index contributed by atoms with van der Waals surface area (Å²) in [5.74, 6) is 0.526. The van der Waals surface area contributed by atoms with E-state index in [1.54, 1.807) is 28.4 Å². The molecule has 0 spiro atoms. The van der Waals surface area contributed by atoms with Crippen molar-refractivity contribution in [1.29, 1.82) is 0 Å². The average Bonchev–Trinajstić information content (AvgIpc) is 3.35. The maximum atomic E-state index is 13.7. The van der Waals surface area contributed by atoms with Gasteiger partial charge in [-0.1, -0.05) is 72.4 Å². The van der Waals surface area contributed by atoms with E-state index in [4.69, 9.17) is 9.97 Å². The third-order valence-electron chi connectivity index (χ3n) is 6.77. The van der Waals surface area contributed by atoms with Crippen LogP contribution in [0.25, 0.3) is 21.6 Å². The summed E-state index contributed by atoms with van der Waals surface area (Å²) in [5.41, 5.74) is 4.00. The van der Waals surface area contributed by atoms with E-state index in [0.29, 0.717) is 18.1 Å². The number of anilines is 1. The van der Waals surface area contributed by atoms with Gasteiger partial charge in [-0.3, -0.25) is 4.79 Å². The molecule has 1 aliphatic rings. The maximum Gasteiger partial charge on any atom is 0.237 e. The molecule has 0 atom stereocenters. The summed E-state index contributed by atoms with van der Waals surface area (Å²) in [5, 5.41) is 1.97. The zero-order chi connectivity index (χ0) is 25.9. The number of carbonyl (C=O) groups excluding carboxylic acids is 1. The van der Waals surface area contributed by atoms with Crippen LogP contribution in [0.5, 0.6) is 0 Å². The number of amides is 1. The van der Waals surface area contributed by atoms with E-state index in [2.05, 4.69) is 0 Å². The molecule has 0 saturated carbocycles. The molecule has 4 nitrogen and oxygen atoms in total. The van der Waals surface area contributed by atoms with Crippen molar-refractivity contribution in [3.8, 4) is 11.4 Å². The molecule has 0 bridgehead atoms. The Hall–Kier alpha value is -3.55. The van der Waals surface area contributed by atoms with Gasteiger partial charge in [0.1, 0.15) is 15.7 Å². The molecule has 2 heterocycles. The SMILES string of the molecule is O=C(CSc1nc(-c2ccccc2)nc2sc3c(c12)CCCC3)N(Cc1ccccc1)c1ccc(F)cc1. The van der Waals surface area contributed by atoms with Gasteiger partial charge in [-0.2, -0.15) is 0 Å². The Balaban J connectivity index is 1.34. The minimum Gasteiger partial charge on any atom is -0.307 e. The first-order chi connectivity index (χ1) is 18.7. The molecule has 0 fully saturated rings. The number of thiophene rings is 1. The van der Waals surface area contributed by atoms with Gasteiger partial charge < -0.3 is 4.90 Å². The molecule has 190 valence electrons. The van der Waals surface area contributed by atoms with E-state index in [9.17, 15) is 9.18 Å². The van der Waals surface area contributed by atoms with Crippen LogP contribution in [0.2, 0.25) is 0 Å². The van der Waals surface area contributed by atoms with Gasteiger partial charge in [0.2, 0.25) is 5.91 Å². The number of aromatic nitrogens is 2. The first-order valence-electron chi connectivity index (χ1n) is 12.8. The van der Waals surface area contributed by atoms with Gasteiger partial charge in [-0.15, -0.1) is 11.3 Å². The topological polar surface area (TPSA) is 46.1 Å². The van der Waals surface area contributed by atoms with Crippen LogP contribution in [0.3, 0.4) is 0 Å². The molecule has 0 radical (unpaired) electrons. The van der Waals surface area contributed by atoms with Crippen molar-refractivity contribution in [2.75, 3.05) is 10.7 Å². The molecular formula is C31H26FN3OS2. The Morgan fingerprint density at radius 3 is 2.37 bits per heavy atom. The smallest absolute Gasteiger partial charge is 0.237 e. The predicted octanol–water partition coefficient (Wildman–Crippen LogP) is 7.70. The van der Waals surface area contributed by atoms with Crippen molar-refractivity contribution in [3.05, 3.63) is 107 Å². The van der Waals surface area contributed by atoms with Gasteiger partial charge in [0.05, 0.1) is 12.3 Å². The molecule has 3 aromatic carbocycles. The number of aryl methyl sites for hydroxylation is 2. The highest BCUT2D eigenvalue weighted by atomic mass is 32.2. The van der Waals surface area contributed by atoms with Crippen LogP contribution in [0.1, 0.15) is 28.8 Å². The zero-order valence-electron chi connectivity index (χ0n) is 20.8. The molecule has 1 amide bonds. The van der Waals surface area contributed by atoms with Crippen molar-refractivity contribution in [2.45, 2.75) is 37.3 Å². The molecule has 6 rings (SSSR count). The molecule has 1 aliphatic carbocycles. The fourth-order valence-electron chi connectivity index (χ4n) is 4.86. The van der Waals surface area contributed by atoms with Crippen LogP contribution in [-0.4, -0.2) is 21.6 Å². The number of fused-ring (bicyclic) bond motifs is 3. The molecule has 0 aliphatic heterocycles. The summed E-state index contributed by atoms with van der Waals surface area (Å²) < 4.78 is 13.7. The lowest BCUT2D eigenvalue weighted by Gasteiger charge is -2.23. The number of hydrogen-bond acceptors (Lipinski definition) is 5. The summed E-state index contributed by atoms with van der Waals surface area (Å²) in [7, 11) is 0. The van der Waals surface area contributed by atoms with Crippen molar-refractivity contribution < 1.29 is 9.18 Å².